The molecule has 0 unspecified atom stereocenters. The lowest BCUT2D eigenvalue weighted by Crippen LogP contribution is -2.16. The molecule has 1 aliphatic rings. The lowest BCUT2D eigenvalue weighted by atomic mass is 10.0. The van der Waals surface area contributed by atoms with Gasteiger partial charge in [-0.2, -0.15) is 0 Å². The molecule has 5 heteroatoms. The topological polar surface area (TPSA) is 54.2 Å². The van der Waals surface area contributed by atoms with Gasteiger partial charge in [-0.1, -0.05) is 35.9 Å². The summed E-state index contributed by atoms with van der Waals surface area (Å²) < 4.78 is 5.88. The largest absolute Gasteiger partial charge is 0.507 e. The van der Waals surface area contributed by atoms with Crippen LogP contribution in [0.1, 0.15) is 12.0 Å². The van der Waals surface area contributed by atoms with E-state index >= 15 is 0 Å². The molecule has 1 N–H and O–H groups in total. The predicted octanol–water partition coefficient (Wildman–Crippen LogP) is 5.72. The van der Waals surface area contributed by atoms with Crippen LogP contribution in [0.25, 0.3) is 0 Å². The smallest absolute Gasteiger partial charge is 0.127 e. The Balaban J connectivity index is 1.66. The van der Waals surface area contributed by atoms with Crippen LogP contribution < -0.4 is 4.74 Å². The van der Waals surface area contributed by atoms with Crippen molar-refractivity contribution < 1.29 is 9.84 Å². The molecule has 0 spiro atoms. The van der Waals surface area contributed by atoms with Crippen molar-refractivity contribution in [3.63, 3.8) is 0 Å². The van der Waals surface area contributed by atoms with Crippen LogP contribution >= 0.6 is 11.6 Å². The molecule has 1 heterocycles. The van der Waals surface area contributed by atoms with E-state index in [9.17, 15) is 5.11 Å². The molecule has 0 amide bonds. The molecule has 27 heavy (non-hydrogen) atoms. The minimum absolute atomic E-state index is 0.202. The van der Waals surface area contributed by atoms with Gasteiger partial charge in [-0.05, 0) is 48.5 Å². The third-order valence-corrected chi connectivity index (χ3v) is 4.47. The van der Waals surface area contributed by atoms with Crippen LogP contribution in [0.2, 0.25) is 5.02 Å². The first-order valence-electron chi connectivity index (χ1n) is 8.59. The molecular weight excluding hydrogens is 360 g/mol. The van der Waals surface area contributed by atoms with Gasteiger partial charge in [0.05, 0.1) is 22.8 Å². The van der Waals surface area contributed by atoms with Gasteiger partial charge in [-0.3, -0.25) is 9.98 Å². The van der Waals surface area contributed by atoms with E-state index in [0.717, 1.165) is 28.5 Å². The highest BCUT2D eigenvalue weighted by Crippen LogP contribution is 2.33. The van der Waals surface area contributed by atoms with Gasteiger partial charge in [0.2, 0.25) is 0 Å². The highest BCUT2D eigenvalue weighted by Gasteiger charge is 2.17. The minimum Gasteiger partial charge on any atom is -0.507 e. The molecule has 0 aromatic heterocycles. The maximum Gasteiger partial charge on any atom is 0.127 e. The Bertz CT molecular complexity index is 1030. The summed E-state index contributed by atoms with van der Waals surface area (Å²) in [6.07, 6.45) is 0.486. The van der Waals surface area contributed by atoms with Crippen molar-refractivity contribution in [2.75, 3.05) is 6.61 Å². The number of benzene rings is 3. The van der Waals surface area contributed by atoms with Crippen molar-refractivity contribution in [1.29, 1.82) is 0 Å². The van der Waals surface area contributed by atoms with Crippen LogP contribution in [0.4, 0.5) is 11.4 Å². The summed E-state index contributed by atoms with van der Waals surface area (Å²) in [5.74, 6) is 0.925. The van der Waals surface area contributed by atoms with Crippen LogP contribution in [0.15, 0.2) is 82.8 Å². The Morgan fingerprint density at radius 2 is 1.52 bits per heavy atom. The number of aliphatic imine (C=N–C) groups is 2. The highest BCUT2D eigenvalue weighted by atomic mass is 35.5. The van der Waals surface area contributed by atoms with Crippen molar-refractivity contribution in [3.05, 3.63) is 83.4 Å². The SMILES string of the molecule is Oc1ccccc1C1=Nc2ccccc2N=C(COc2ccc(Cl)cc2)C1. The molecule has 1 aliphatic heterocycles. The fourth-order valence-electron chi connectivity index (χ4n) is 2.90. The van der Waals surface area contributed by atoms with Gasteiger partial charge in [0.1, 0.15) is 18.1 Å². The maximum atomic E-state index is 10.3. The van der Waals surface area contributed by atoms with Crippen LogP contribution in [-0.2, 0) is 0 Å². The van der Waals surface area contributed by atoms with Crippen molar-refractivity contribution in [2.45, 2.75) is 6.42 Å². The zero-order valence-electron chi connectivity index (χ0n) is 14.5. The van der Waals surface area contributed by atoms with Crippen LogP contribution in [0, 0.1) is 0 Å². The first-order valence-corrected chi connectivity index (χ1v) is 8.96. The van der Waals surface area contributed by atoms with E-state index in [-0.39, 0.29) is 5.75 Å². The fraction of sp³-hybridized carbons (Fsp3) is 0.0909. The Hall–Kier alpha value is -3.11. The van der Waals surface area contributed by atoms with Gasteiger partial charge in [-0.25, -0.2) is 0 Å². The van der Waals surface area contributed by atoms with Gasteiger partial charge >= 0.3 is 0 Å². The Kier molecular flexibility index (Phi) is 4.90. The Morgan fingerprint density at radius 1 is 0.852 bits per heavy atom. The summed E-state index contributed by atoms with van der Waals surface area (Å²) in [6, 6.07) is 22.1. The number of phenols is 1. The summed E-state index contributed by atoms with van der Waals surface area (Å²) in [4.78, 5) is 9.50. The molecule has 0 saturated heterocycles. The second kappa shape index (κ2) is 7.64. The second-order valence-corrected chi connectivity index (χ2v) is 6.60. The molecule has 0 radical (unpaired) electrons. The minimum atomic E-state index is 0.202. The lowest BCUT2D eigenvalue weighted by Gasteiger charge is -2.10. The molecule has 0 aliphatic carbocycles. The maximum absolute atomic E-state index is 10.3. The molecule has 0 fully saturated rings. The van der Waals surface area contributed by atoms with Crippen molar-refractivity contribution in [2.24, 2.45) is 9.98 Å². The molecule has 0 atom stereocenters. The average Bonchev–Trinajstić information content (AvgIpc) is 2.87. The predicted molar refractivity (Wildman–Crippen MR) is 109 cm³/mol. The van der Waals surface area contributed by atoms with Crippen LogP contribution in [-0.4, -0.2) is 23.1 Å². The molecule has 0 saturated carbocycles. The number of rotatable bonds is 4. The third kappa shape index (κ3) is 4.01. The number of hydrogen-bond acceptors (Lipinski definition) is 4. The number of nitrogens with zero attached hydrogens (tertiary/aromatic N) is 2. The van der Waals surface area contributed by atoms with E-state index < -0.39 is 0 Å². The third-order valence-electron chi connectivity index (χ3n) is 4.22. The fourth-order valence-corrected chi connectivity index (χ4v) is 3.02. The van der Waals surface area contributed by atoms with Gasteiger partial charge in [-0.15, -0.1) is 0 Å². The molecule has 4 nitrogen and oxygen atoms in total. The number of ether oxygens (including phenoxy) is 1. The monoisotopic (exact) mass is 376 g/mol. The summed E-state index contributed by atoms with van der Waals surface area (Å²) in [7, 11) is 0. The molecule has 134 valence electrons. The first-order chi connectivity index (χ1) is 13.2. The number of para-hydroxylation sites is 3. The van der Waals surface area contributed by atoms with Crippen LogP contribution in [0.3, 0.4) is 0 Å². The van der Waals surface area contributed by atoms with E-state index in [1.807, 2.05) is 48.5 Å². The highest BCUT2D eigenvalue weighted by molar-refractivity contribution is 6.30. The number of halogens is 1. The van der Waals surface area contributed by atoms with E-state index in [2.05, 4.69) is 0 Å². The van der Waals surface area contributed by atoms with Gasteiger partial charge in [0.15, 0.2) is 0 Å². The summed E-state index contributed by atoms with van der Waals surface area (Å²) in [6.45, 7) is 0.322. The van der Waals surface area contributed by atoms with Crippen molar-refractivity contribution in [1.82, 2.24) is 0 Å². The van der Waals surface area contributed by atoms with E-state index in [0.29, 0.717) is 23.6 Å². The summed E-state index contributed by atoms with van der Waals surface area (Å²) in [5.41, 5.74) is 3.86. The Labute approximate surface area is 162 Å². The van der Waals surface area contributed by atoms with Crippen molar-refractivity contribution in [3.8, 4) is 11.5 Å². The number of phenolic OH excluding ortho intramolecular Hbond substituents is 1. The second-order valence-electron chi connectivity index (χ2n) is 6.16. The number of aromatic hydroxyl groups is 1. The zero-order valence-corrected chi connectivity index (χ0v) is 15.2. The molecule has 3 aromatic carbocycles. The molecule has 3 aromatic rings. The van der Waals surface area contributed by atoms with E-state index in [4.69, 9.17) is 26.3 Å². The van der Waals surface area contributed by atoms with Gasteiger partial charge in [0, 0.05) is 17.0 Å². The molecule has 0 bridgehead atoms. The van der Waals surface area contributed by atoms with Crippen LogP contribution in [0.5, 0.6) is 11.5 Å². The molecular formula is C22H17ClN2O2. The average molecular weight is 377 g/mol. The Morgan fingerprint density at radius 3 is 2.26 bits per heavy atom. The summed E-state index contributed by atoms with van der Waals surface area (Å²) >= 11 is 5.92. The quantitative estimate of drug-likeness (QED) is 0.632. The summed E-state index contributed by atoms with van der Waals surface area (Å²) in [5, 5.41) is 10.9. The lowest BCUT2D eigenvalue weighted by molar-refractivity contribution is 0.375. The van der Waals surface area contributed by atoms with E-state index in [1.165, 1.54) is 0 Å². The number of hydrogen-bond donors (Lipinski definition) is 1. The standard InChI is InChI=1S/C22H17ClN2O2/c23-15-9-11-17(12-10-15)27-14-16-13-21(18-5-1-4-8-22(18)26)25-20-7-3-2-6-19(20)24-16/h1-12,26H,13-14H2. The zero-order chi connectivity index (χ0) is 18.6. The normalized spacial score (nSPS) is 13.2. The van der Waals surface area contributed by atoms with Crippen molar-refractivity contribution >= 4 is 34.4 Å². The van der Waals surface area contributed by atoms with Gasteiger partial charge < -0.3 is 9.84 Å². The first kappa shape index (κ1) is 17.3. The van der Waals surface area contributed by atoms with Gasteiger partial charge in [0.25, 0.3) is 0 Å². The number of fused-ring (bicyclic) bond motifs is 1. The van der Waals surface area contributed by atoms with E-state index in [1.54, 1.807) is 24.3 Å². The molecule has 4 rings (SSSR count).